The molecule has 0 unspecified atom stereocenters. The Morgan fingerprint density at radius 3 is 2.17 bits per heavy atom. The Kier molecular flexibility index (Phi) is 7.69. The van der Waals surface area contributed by atoms with E-state index >= 15 is 0 Å². The lowest BCUT2D eigenvalue weighted by atomic mass is 10.1. The molecule has 18 heavy (non-hydrogen) atoms. The van der Waals surface area contributed by atoms with Gasteiger partial charge in [0.2, 0.25) is 0 Å². The Labute approximate surface area is 116 Å². The van der Waals surface area contributed by atoms with E-state index in [1.807, 2.05) is 44.2 Å². The van der Waals surface area contributed by atoms with Crippen molar-refractivity contribution in [2.45, 2.75) is 13.8 Å². The van der Waals surface area contributed by atoms with Crippen LogP contribution in [0.25, 0.3) is 10.8 Å². The number of hydrogen-bond acceptors (Lipinski definition) is 2. The minimum Gasteiger partial charge on any atom is -0.399 e. The third-order valence-electron chi connectivity index (χ3n) is 2.31. The highest BCUT2D eigenvalue weighted by atomic mass is 35.5. The van der Waals surface area contributed by atoms with Gasteiger partial charge in [-0.15, -0.1) is 0 Å². The minimum absolute atomic E-state index is 0.589. The van der Waals surface area contributed by atoms with Crippen LogP contribution in [-0.2, 0) is 8.85 Å². The molecule has 0 radical (unpaired) electrons. The molecule has 0 spiro atoms. The van der Waals surface area contributed by atoms with Crippen molar-refractivity contribution >= 4 is 32.4 Å². The maximum atomic E-state index is 5.96. The lowest BCUT2D eigenvalue weighted by Crippen LogP contribution is -2.02. The number of fused-ring (bicyclic) bond motifs is 1. The van der Waals surface area contributed by atoms with Gasteiger partial charge in [0, 0.05) is 23.6 Å². The largest absolute Gasteiger partial charge is 0.399 e. The fraction of sp³-hybridized carbons (Fsp3) is 0.286. The van der Waals surface area contributed by atoms with Crippen molar-refractivity contribution in [3.05, 3.63) is 47.5 Å². The summed E-state index contributed by atoms with van der Waals surface area (Å²) in [7, 11) is -0.589. The van der Waals surface area contributed by atoms with Crippen molar-refractivity contribution in [3.8, 4) is 0 Å². The molecule has 0 aromatic heterocycles. The zero-order chi connectivity index (χ0) is 13.2. The normalized spacial score (nSPS) is 9.94. The van der Waals surface area contributed by atoms with E-state index in [-0.39, 0.29) is 0 Å². The summed E-state index contributed by atoms with van der Waals surface area (Å²) in [5, 5.41) is 3.14. The van der Waals surface area contributed by atoms with E-state index in [0.717, 1.165) is 23.6 Å². The summed E-state index contributed by atoms with van der Waals surface area (Å²) in [6.07, 6.45) is 0. The summed E-state index contributed by atoms with van der Waals surface area (Å²) >= 11 is 5.96. The maximum Gasteiger partial charge on any atom is 0.304 e. The van der Waals surface area contributed by atoms with E-state index in [0.29, 0.717) is 0 Å². The van der Waals surface area contributed by atoms with E-state index in [1.54, 1.807) is 0 Å². The summed E-state index contributed by atoms with van der Waals surface area (Å²) in [4.78, 5) is 0. The topological polar surface area (TPSA) is 18.5 Å². The quantitative estimate of drug-likeness (QED) is 0.631. The van der Waals surface area contributed by atoms with Crippen LogP contribution in [0.3, 0.4) is 0 Å². The Bertz CT molecular complexity index is 453. The molecule has 2 aromatic rings. The number of rotatable bonds is 4. The first kappa shape index (κ1) is 15.2. The molecule has 2 nitrogen and oxygen atoms in total. The zero-order valence-corrected chi connectivity index (χ0v) is 13.0. The number of halogens is 1. The van der Waals surface area contributed by atoms with Crippen LogP contribution in [0, 0.1) is 0 Å². The van der Waals surface area contributed by atoms with Gasteiger partial charge in [0.25, 0.3) is 0 Å². The Hall–Kier alpha value is -0.873. The molecule has 2 rings (SSSR count). The van der Waals surface area contributed by atoms with Crippen LogP contribution in [0.5, 0.6) is 0 Å². The van der Waals surface area contributed by atoms with Crippen molar-refractivity contribution in [2.24, 2.45) is 0 Å². The van der Waals surface area contributed by atoms with Crippen molar-refractivity contribution < 1.29 is 8.85 Å². The molecule has 2 aromatic carbocycles. The van der Waals surface area contributed by atoms with Gasteiger partial charge >= 0.3 is 10.0 Å². The summed E-state index contributed by atoms with van der Waals surface area (Å²) in [6.45, 7) is 5.55. The third-order valence-corrected chi connectivity index (χ3v) is 3.79. The lowest BCUT2D eigenvalue weighted by Gasteiger charge is -1.97. The fourth-order valence-electron chi connectivity index (χ4n) is 1.41. The van der Waals surface area contributed by atoms with E-state index in [9.17, 15) is 0 Å². The standard InChI is InChI=1S/C10H7Cl.C4H12O2Si/c11-10-7-3-5-8-4-1-2-6-9(8)10;1-3-5-7-6-4-2/h1-7H;3-4,7H2,1-2H3. The molecular formula is C14H19ClO2Si. The molecule has 0 heterocycles. The molecule has 0 bridgehead atoms. The molecule has 0 aliphatic heterocycles. The van der Waals surface area contributed by atoms with Gasteiger partial charge in [0.1, 0.15) is 0 Å². The maximum absolute atomic E-state index is 5.96. The summed E-state index contributed by atoms with van der Waals surface area (Å²) in [5.41, 5.74) is 0. The van der Waals surface area contributed by atoms with Crippen LogP contribution in [0.15, 0.2) is 42.5 Å². The predicted molar refractivity (Wildman–Crippen MR) is 80.8 cm³/mol. The van der Waals surface area contributed by atoms with Crippen LogP contribution in [0.1, 0.15) is 13.8 Å². The van der Waals surface area contributed by atoms with Gasteiger partial charge in [-0.3, -0.25) is 0 Å². The summed E-state index contributed by atoms with van der Waals surface area (Å²) in [5.74, 6) is 0. The van der Waals surface area contributed by atoms with Crippen LogP contribution in [-0.4, -0.2) is 23.2 Å². The Morgan fingerprint density at radius 2 is 1.56 bits per heavy atom. The van der Waals surface area contributed by atoms with Gasteiger partial charge in [-0.1, -0.05) is 48.0 Å². The summed E-state index contributed by atoms with van der Waals surface area (Å²) in [6, 6.07) is 14.0. The molecule has 0 amide bonds. The van der Waals surface area contributed by atoms with Gasteiger partial charge in [-0.2, -0.15) is 0 Å². The van der Waals surface area contributed by atoms with Crippen molar-refractivity contribution in [2.75, 3.05) is 13.2 Å². The SMILES string of the molecule is CCO[SiH2]OCC.Clc1cccc2ccccc12. The monoisotopic (exact) mass is 282 g/mol. The molecule has 0 N–H and O–H groups in total. The smallest absolute Gasteiger partial charge is 0.304 e. The first-order chi connectivity index (χ1) is 8.79. The highest BCUT2D eigenvalue weighted by Gasteiger charge is 1.93. The van der Waals surface area contributed by atoms with Gasteiger partial charge in [-0.25, -0.2) is 0 Å². The van der Waals surface area contributed by atoms with E-state index in [4.69, 9.17) is 20.5 Å². The van der Waals surface area contributed by atoms with Gasteiger partial charge in [-0.05, 0) is 25.3 Å². The number of hydrogen-bond donors (Lipinski definition) is 0. The summed E-state index contributed by atoms with van der Waals surface area (Å²) < 4.78 is 9.98. The van der Waals surface area contributed by atoms with Crippen LogP contribution < -0.4 is 0 Å². The number of benzene rings is 2. The average molecular weight is 283 g/mol. The van der Waals surface area contributed by atoms with E-state index < -0.39 is 10.0 Å². The highest BCUT2D eigenvalue weighted by molar-refractivity contribution is 6.35. The average Bonchev–Trinajstić information content (AvgIpc) is 2.41. The second-order valence-corrected chi connectivity index (χ2v) is 5.02. The molecule has 98 valence electrons. The van der Waals surface area contributed by atoms with E-state index in [1.165, 1.54) is 5.39 Å². The molecule has 0 atom stereocenters. The van der Waals surface area contributed by atoms with Crippen LogP contribution in [0.4, 0.5) is 0 Å². The third kappa shape index (κ3) is 5.19. The van der Waals surface area contributed by atoms with Crippen LogP contribution in [0.2, 0.25) is 5.02 Å². The molecule has 0 saturated heterocycles. The van der Waals surface area contributed by atoms with Gasteiger partial charge in [0.05, 0.1) is 0 Å². The molecule has 4 heteroatoms. The Balaban J connectivity index is 0.000000203. The second-order valence-electron chi connectivity index (χ2n) is 3.56. The first-order valence-electron chi connectivity index (χ1n) is 6.08. The van der Waals surface area contributed by atoms with Crippen molar-refractivity contribution in [3.63, 3.8) is 0 Å². The Morgan fingerprint density at radius 1 is 0.944 bits per heavy atom. The predicted octanol–water partition coefficient (Wildman–Crippen LogP) is 3.55. The molecular weight excluding hydrogens is 264 g/mol. The molecule has 0 fully saturated rings. The van der Waals surface area contributed by atoms with Crippen molar-refractivity contribution in [1.29, 1.82) is 0 Å². The second kappa shape index (κ2) is 9.11. The van der Waals surface area contributed by atoms with Gasteiger partial charge in [0.15, 0.2) is 0 Å². The van der Waals surface area contributed by atoms with Crippen LogP contribution >= 0.6 is 11.6 Å². The van der Waals surface area contributed by atoms with Crippen molar-refractivity contribution in [1.82, 2.24) is 0 Å². The fourth-order valence-corrected chi connectivity index (χ4v) is 2.11. The molecule has 0 saturated carbocycles. The first-order valence-corrected chi connectivity index (χ1v) is 7.61. The molecule has 0 aliphatic rings. The highest BCUT2D eigenvalue weighted by Crippen LogP contribution is 2.21. The lowest BCUT2D eigenvalue weighted by molar-refractivity contribution is 0.240. The molecule has 0 aliphatic carbocycles. The van der Waals surface area contributed by atoms with Gasteiger partial charge < -0.3 is 8.85 Å². The zero-order valence-electron chi connectivity index (χ0n) is 10.9. The minimum atomic E-state index is -0.589. The van der Waals surface area contributed by atoms with E-state index in [2.05, 4.69) is 12.1 Å².